The quantitative estimate of drug-likeness (QED) is 0.467. The van der Waals surface area contributed by atoms with Gasteiger partial charge >= 0.3 is 0 Å². The molecular weight excluding hydrogens is 356 g/mol. The lowest BCUT2D eigenvalue weighted by Crippen LogP contribution is -2.31. The van der Waals surface area contributed by atoms with Crippen molar-refractivity contribution in [2.75, 3.05) is 0 Å². The molecule has 1 N–H and O–H groups in total. The second-order valence-electron chi connectivity index (χ2n) is 6.51. The highest BCUT2D eigenvalue weighted by atomic mass is 32.1. The van der Waals surface area contributed by atoms with Crippen LogP contribution in [0.2, 0.25) is 0 Å². The monoisotopic (exact) mass is 370 g/mol. The molecule has 6 aromatic rings. The van der Waals surface area contributed by atoms with E-state index in [0.29, 0.717) is 0 Å². The number of fused-ring (bicyclic) bond motifs is 3. The van der Waals surface area contributed by atoms with Crippen molar-refractivity contribution in [3.05, 3.63) is 79.3 Å². The number of nitrogens with one attached hydrogen (secondary N) is 1. The van der Waals surface area contributed by atoms with Crippen molar-refractivity contribution in [2.45, 2.75) is 0 Å². The molecule has 0 bridgehead atoms. The summed E-state index contributed by atoms with van der Waals surface area (Å²) in [4.78, 5) is 0. The Bertz CT molecular complexity index is 1410. The third-order valence-electron chi connectivity index (χ3n) is 4.79. The molecule has 128 valence electrons. The number of aromatic amines is 1. The maximum atomic E-state index is 6.01. The van der Waals surface area contributed by atoms with Crippen LogP contribution in [-0.4, -0.2) is 9.47 Å². The zero-order valence-corrected chi connectivity index (χ0v) is 15.0. The molecule has 5 nitrogen and oxygen atoms in total. The predicted octanol–water partition coefficient (Wildman–Crippen LogP) is 4.08. The lowest BCUT2D eigenvalue weighted by Gasteiger charge is -1.89. The Hall–Kier alpha value is -3.51. The first kappa shape index (κ1) is 14.6. The fraction of sp³-hybridized carbons (Fsp3) is 0. The molecule has 3 heterocycles. The molecule has 3 aromatic carbocycles. The van der Waals surface area contributed by atoms with Gasteiger partial charge in [-0.15, -0.1) is 0 Å². The molecule has 0 radical (unpaired) electrons. The number of hydrogen-bond acceptors (Lipinski definition) is 3. The van der Waals surface area contributed by atoms with Crippen LogP contribution in [0.5, 0.6) is 0 Å². The number of benzene rings is 3. The van der Waals surface area contributed by atoms with E-state index < -0.39 is 0 Å². The Morgan fingerprint density at radius 3 is 2.70 bits per heavy atom. The minimum absolute atomic E-state index is 0.846. The molecule has 6 rings (SSSR count). The highest BCUT2D eigenvalue weighted by Gasteiger charge is 2.19. The molecule has 0 aliphatic heterocycles. The van der Waals surface area contributed by atoms with E-state index in [9.17, 15) is 0 Å². The van der Waals surface area contributed by atoms with Crippen LogP contribution in [-0.2, 0) is 0 Å². The lowest BCUT2D eigenvalue weighted by molar-refractivity contribution is -0.779. The second-order valence-corrected chi connectivity index (χ2v) is 7.35. The van der Waals surface area contributed by atoms with E-state index in [1.165, 1.54) is 21.6 Å². The van der Waals surface area contributed by atoms with Crippen LogP contribution in [0.25, 0.3) is 43.3 Å². The average molecular weight is 370 g/mol. The number of para-hydroxylation sites is 1. The van der Waals surface area contributed by atoms with Crippen LogP contribution in [0.3, 0.4) is 0 Å². The summed E-state index contributed by atoms with van der Waals surface area (Å²) in [6.07, 6.45) is 6.00. The third kappa shape index (κ3) is 2.34. The summed E-state index contributed by atoms with van der Waals surface area (Å²) in [5.41, 5.74) is 4.00. The van der Waals surface area contributed by atoms with Crippen LogP contribution in [0.1, 0.15) is 0 Å². The van der Waals surface area contributed by atoms with Crippen molar-refractivity contribution in [1.29, 1.82) is 0 Å². The summed E-state index contributed by atoms with van der Waals surface area (Å²) in [5, 5.41) is 6.75. The van der Waals surface area contributed by atoms with Crippen LogP contribution >= 0.6 is 11.5 Å². The van der Waals surface area contributed by atoms with Gasteiger partial charge in [0.15, 0.2) is 0 Å². The van der Waals surface area contributed by atoms with Crippen molar-refractivity contribution < 1.29 is 13.9 Å². The number of H-pyrrole nitrogens is 1. The molecule has 3 aromatic heterocycles. The summed E-state index contributed by atoms with van der Waals surface area (Å²) >= 11 is 1.50. The fourth-order valence-corrected chi connectivity index (χ4v) is 4.03. The first-order valence-electron chi connectivity index (χ1n) is 8.64. The maximum Gasteiger partial charge on any atom is 0.258 e. The van der Waals surface area contributed by atoms with E-state index in [0.717, 1.165) is 33.2 Å². The number of hydrogen-bond donors (Lipinski definition) is 1. The van der Waals surface area contributed by atoms with E-state index in [1.54, 1.807) is 4.74 Å². The van der Waals surface area contributed by atoms with Gasteiger partial charge in [0.1, 0.15) is 5.52 Å². The lowest BCUT2D eigenvalue weighted by atomic mass is 10.2. The van der Waals surface area contributed by atoms with E-state index >= 15 is 0 Å². The van der Waals surface area contributed by atoms with Gasteiger partial charge < -0.3 is 0 Å². The van der Waals surface area contributed by atoms with Crippen molar-refractivity contribution >= 4 is 43.5 Å². The standard InChI is InChI=1S/C21H13N4OS/c1-2-4-19-14(3-1)12-24(23-19)17-5-7-20-16(10-17)13-25(26-20)18-6-8-21-15(9-18)11-22-27-21/h1-13H/q+1/p+1. The molecule has 6 heteroatoms. The summed E-state index contributed by atoms with van der Waals surface area (Å²) < 4.78 is 15.3. The number of nitrogens with zero attached hydrogens (tertiary/aromatic N) is 3. The molecule has 0 amide bonds. The fourth-order valence-electron chi connectivity index (χ4n) is 3.40. The largest absolute Gasteiger partial charge is 0.258 e. The van der Waals surface area contributed by atoms with E-state index in [2.05, 4.69) is 58.1 Å². The minimum atomic E-state index is 0.846. The molecule has 27 heavy (non-hydrogen) atoms. The summed E-state index contributed by atoms with van der Waals surface area (Å²) in [7, 11) is 0. The van der Waals surface area contributed by atoms with Crippen molar-refractivity contribution in [3.63, 3.8) is 0 Å². The van der Waals surface area contributed by atoms with Crippen molar-refractivity contribution in [1.82, 2.24) is 9.47 Å². The van der Waals surface area contributed by atoms with Gasteiger partial charge in [0.25, 0.3) is 5.69 Å². The van der Waals surface area contributed by atoms with Gasteiger partial charge in [-0.25, -0.2) is 4.52 Å². The SMILES string of the molecule is c1ccc2[nH][n+](-c3ccc4o[n+](-c5ccc6sncc6c5)cc4c3)cc2c1. The smallest absolute Gasteiger partial charge is 0.230 e. The first-order chi connectivity index (χ1) is 13.3. The van der Waals surface area contributed by atoms with E-state index in [-0.39, 0.29) is 0 Å². The predicted molar refractivity (Wildman–Crippen MR) is 104 cm³/mol. The Balaban J connectivity index is 1.46. The van der Waals surface area contributed by atoms with Gasteiger partial charge in [-0.2, -0.15) is 9.47 Å². The van der Waals surface area contributed by atoms with Crippen molar-refractivity contribution in [2.24, 2.45) is 0 Å². The van der Waals surface area contributed by atoms with Gasteiger partial charge in [0.2, 0.25) is 23.7 Å². The second kappa shape index (κ2) is 5.49. The molecule has 0 aliphatic rings. The van der Waals surface area contributed by atoms with Crippen LogP contribution < -0.4 is 9.42 Å². The van der Waals surface area contributed by atoms with Crippen LogP contribution in [0.4, 0.5) is 0 Å². The Labute approximate surface area is 157 Å². The summed E-state index contributed by atoms with van der Waals surface area (Å²) in [5.74, 6) is 0. The summed E-state index contributed by atoms with van der Waals surface area (Å²) in [6.45, 7) is 0. The van der Waals surface area contributed by atoms with Gasteiger partial charge in [0, 0.05) is 40.6 Å². The Morgan fingerprint density at radius 1 is 0.852 bits per heavy atom. The van der Waals surface area contributed by atoms with Gasteiger partial charge in [0.05, 0.1) is 15.5 Å². The van der Waals surface area contributed by atoms with E-state index in [1.807, 2.05) is 35.3 Å². The molecule has 0 saturated carbocycles. The first-order valence-corrected chi connectivity index (χ1v) is 9.41. The highest BCUT2D eigenvalue weighted by molar-refractivity contribution is 7.13. The average Bonchev–Trinajstić information content (AvgIpc) is 3.42. The van der Waals surface area contributed by atoms with Gasteiger partial charge in [-0.3, -0.25) is 0 Å². The van der Waals surface area contributed by atoms with Crippen LogP contribution in [0.15, 0.2) is 83.8 Å². The molecule has 0 atom stereocenters. The Kier molecular flexibility index (Phi) is 2.98. The minimum Gasteiger partial charge on any atom is -0.230 e. The Morgan fingerprint density at radius 2 is 1.74 bits per heavy atom. The third-order valence-corrected chi connectivity index (χ3v) is 5.56. The molecular formula is C21H14N4OS+2. The highest BCUT2D eigenvalue weighted by Crippen LogP contribution is 2.21. The van der Waals surface area contributed by atoms with Crippen molar-refractivity contribution in [3.8, 4) is 11.4 Å². The maximum absolute atomic E-state index is 6.01. The molecule has 0 unspecified atom stereocenters. The zero-order chi connectivity index (χ0) is 17.8. The van der Waals surface area contributed by atoms with Gasteiger partial charge in [-0.1, -0.05) is 16.8 Å². The zero-order valence-electron chi connectivity index (χ0n) is 14.2. The summed E-state index contributed by atoms with van der Waals surface area (Å²) in [6, 6.07) is 20.7. The van der Waals surface area contributed by atoms with Crippen LogP contribution in [0, 0.1) is 0 Å². The molecule has 0 aliphatic carbocycles. The van der Waals surface area contributed by atoms with Gasteiger partial charge in [-0.05, 0) is 35.8 Å². The molecule has 0 fully saturated rings. The molecule has 0 saturated heterocycles. The normalized spacial score (nSPS) is 11.7. The number of rotatable bonds is 2. The topological polar surface area (TPSA) is 49.6 Å². The van der Waals surface area contributed by atoms with E-state index in [4.69, 9.17) is 4.52 Å². The molecule has 0 spiro atoms. The number of aromatic nitrogens is 4.